The summed E-state index contributed by atoms with van der Waals surface area (Å²) in [5, 5.41) is 8.80. The van der Waals surface area contributed by atoms with Crippen molar-refractivity contribution in [3.05, 3.63) is 24.0 Å². The van der Waals surface area contributed by atoms with Crippen molar-refractivity contribution in [3.63, 3.8) is 0 Å². The summed E-state index contributed by atoms with van der Waals surface area (Å²) in [6.45, 7) is 6.18. The van der Waals surface area contributed by atoms with E-state index in [0.717, 1.165) is 25.7 Å². The molecule has 5 rings (SSSR count). The van der Waals surface area contributed by atoms with Gasteiger partial charge >= 0.3 is 0 Å². The van der Waals surface area contributed by atoms with Gasteiger partial charge in [-0.05, 0) is 62.3 Å². The summed E-state index contributed by atoms with van der Waals surface area (Å²) >= 11 is 0. The van der Waals surface area contributed by atoms with Crippen molar-refractivity contribution >= 4 is 28.5 Å². The number of Topliss-reactive ketones (excluding diaryl/α,β-unsaturated/α-hetero) is 2. The Balaban J connectivity index is 1.33. The van der Waals surface area contributed by atoms with Crippen LogP contribution in [0.1, 0.15) is 76.1 Å². The van der Waals surface area contributed by atoms with Crippen LogP contribution in [0.15, 0.2) is 18.5 Å². The SMILES string of the molecule is CC(=O)c1cn(CC(=O)N2[C@@H]3C[C@@H]3C[C@H]2C(=O)C[C@@H]2CCCC(C)(C)C2)c2nnccc12. The number of ketones is 2. The van der Waals surface area contributed by atoms with Crippen molar-refractivity contribution in [1.82, 2.24) is 19.7 Å². The number of fused-ring (bicyclic) bond motifs is 2. The number of likely N-dealkylation sites (tertiary alicyclic amines) is 1. The first kappa shape index (κ1) is 21.3. The summed E-state index contributed by atoms with van der Waals surface area (Å²) in [6, 6.07) is 1.65. The number of piperidine rings is 1. The van der Waals surface area contributed by atoms with Crippen molar-refractivity contribution in [3.8, 4) is 0 Å². The summed E-state index contributed by atoms with van der Waals surface area (Å²) in [7, 11) is 0. The predicted octanol–water partition coefficient (Wildman–Crippen LogP) is 3.80. The smallest absolute Gasteiger partial charge is 0.243 e. The second kappa shape index (κ2) is 7.78. The topological polar surface area (TPSA) is 85.2 Å². The Morgan fingerprint density at radius 2 is 2.03 bits per heavy atom. The lowest BCUT2D eigenvalue weighted by molar-refractivity contribution is -0.139. The van der Waals surface area contributed by atoms with E-state index in [0.29, 0.717) is 40.3 Å². The number of hydrogen-bond acceptors (Lipinski definition) is 5. The van der Waals surface area contributed by atoms with Crippen LogP contribution in [-0.4, -0.2) is 49.2 Å². The first-order valence-electron chi connectivity index (χ1n) is 11.9. The standard InChI is InChI=1S/C25H32N4O3/c1-15(30)19-13-28(24-18(19)6-8-26-27-24)14-23(32)29-20-10-17(20)11-21(29)22(31)9-16-5-4-7-25(2,3)12-16/h6,8,13,16-17,20-21H,4-5,7,9-12,14H2,1-3H3/t16-,17+,20+,21-/m0/s1. The van der Waals surface area contributed by atoms with E-state index in [1.165, 1.54) is 19.8 Å². The summed E-state index contributed by atoms with van der Waals surface area (Å²) in [4.78, 5) is 40.6. The third kappa shape index (κ3) is 3.86. The maximum atomic E-state index is 13.4. The van der Waals surface area contributed by atoms with E-state index in [4.69, 9.17) is 0 Å². The third-order valence-corrected chi connectivity index (χ3v) is 7.79. The van der Waals surface area contributed by atoms with Gasteiger partial charge in [-0.2, -0.15) is 5.10 Å². The van der Waals surface area contributed by atoms with Gasteiger partial charge in [0.15, 0.2) is 17.2 Å². The lowest BCUT2D eigenvalue weighted by atomic mass is 9.70. The number of amides is 1. The summed E-state index contributed by atoms with van der Waals surface area (Å²) in [5.74, 6) is 0.998. The molecule has 0 radical (unpaired) electrons. The van der Waals surface area contributed by atoms with E-state index in [9.17, 15) is 14.4 Å². The number of nitrogens with zero attached hydrogens (tertiary/aromatic N) is 4. The average Bonchev–Trinajstić information content (AvgIpc) is 3.23. The molecule has 1 saturated heterocycles. The molecule has 0 bridgehead atoms. The van der Waals surface area contributed by atoms with Crippen molar-refractivity contribution < 1.29 is 14.4 Å². The van der Waals surface area contributed by atoms with Gasteiger partial charge in [-0.1, -0.05) is 20.3 Å². The van der Waals surface area contributed by atoms with Gasteiger partial charge in [0.1, 0.15) is 6.54 Å². The van der Waals surface area contributed by atoms with Crippen LogP contribution in [0.2, 0.25) is 0 Å². The molecule has 0 N–H and O–H groups in total. The number of rotatable bonds is 6. The zero-order valence-corrected chi connectivity index (χ0v) is 19.2. The predicted molar refractivity (Wildman–Crippen MR) is 120 cm³/mol. The van der Waals surface area contributed by atoms with E-state index in [1.54, 1.807) is 23.0 Å². The molecule has 32 heavy (non-hydrogen) atoms. The molecule has 1 aliphatic heterocycles. The van der Waals surface area contributed by atoms with Crippen LogP contribution in [0.3, 0.4) is 0 Å². The van der Waals surface area contributed by atoms with Crippen LogP contribution >= 0.6 is 0 Å². The molecule has 2 aliphatic carbocycles. The van der Waals surface area contributed by atoms with Gasteiger partial charge in [0.25, 0.3) is 0 Å². The fourth-order valence-electron chi connectivity index (χ4n) is 6.21. The van der Waals surface area contributed by atoms with Gasteiger partial charge in [-0.25, -0.2) is 0 Å². The number of carbonyl (C=O) groups excluding carboxylic acids is 3. The van der Waals surface area contributed by atoms with E-state index < -0.39 is 0 Å². The molecule has 2 aromatic heterocycles. The van der Waals surface area contributed by atoms with E-state index in [2.05, 4.69) is 24.0 Å². The molecule has 2 aromatic rings. The monoisotopic (exact) mass is 436 g/mol. The molecule has 170 valence electrons. The van der Waals surface area contributed by atoms with Gasteiger partial charge < -0.3 is 9.47 Å². The minimum Gasteiger partial charge on any atom is -0.328 e. The molecule has 3 heterocycles. The average molecular weight is 437 g/mol. The molecule has 2 saturated carbocycles. The zero-order valence-electron chi connectivity index (χ0n) is 19.2. The van der Waals surface area contributed by atoms with Gasteiger partial charge in [0.05, 0.1) is 12.2 Å². The molecule has 0 aromatic carbocycles. The van der Waals surface area contributed by atoms with Gasteiger partial charge in [0.2, 0.25) is 5.91 Å². The Labute approximate surface area is 188 Å². The van der Waals surface area contributed by atoms with Crippen molar-refractivity contribution in [2.75, 3.05) is 0 Å². The number of hydrogen-bond donors (Lipinski definition) is 0. The summed E-state index contributed by atoms with van der Waals surface area (Å²) in [6.07, 6.45) is 10.3. The largest absolute Gasteiger partial charge is 0.328 e. The molecule has 1 amide bonds. The molecule has 3 fully saturated rings. The third-order valence-electron chi connectivity index (χ3n) is 7.79. The normalized spacial score (nSPS) is 28.5. The Morgan fingerprint density at radius 1 is 1.22 bits per heavy atom. The van der Waals surface area contributed by atoms with E-state index >= 15 is 0 Å². The van der Waals surface area contributed by atoms with Crippen molar-refractivity contribution in [2.24, 2.45) is 17.3 Å². The first-order valence-corrected chi connectivity index (χ1v) is 11.9. The Hall–Kier alpha value is -2.57. The molecule has 7 heteroatoms. The van der Waals surface area contributed by atoms with Gasteiger partial charge in [-0.15, -0.1) is 5.10 Å². The highest BCUT2D eigenvalue weighted by molar-refractivity contribution is 6.06. The minimum atomic E-state index is -0.295. The maximum absolute atomic E-state index is 13.4. The number of aromatic nitrogens is 3. The molecule has 3 aliphatic rings. The quantitative estimate of drug-likeness (QED) is 0.643. The van der Waals surface area contributed by atoms with Crippen molar-refractivity contribution in [1.29, 1.82) is 0 Å². The molecular formula is C25H32N4O3. The van der Waals surface area contributed by atoms with Crippen LogP contribution in [0.25, 0.3) is 11.0 Å². The first-order chi connectivity index (χ1) is 15.2. The Morgan fingerprint density at radius 3 is 2.78 bits per heavy atom. The highest BCUT2D eigenvalue weighted by Gasteiger charge is 2.55. The van der Waals surface area contributed by atoms with Crippen LogP contribution in [0.5, 0.6) is 0 Å². The Kier molecular flexibility index (Phi) is 5.18. The lowest BCUT2D eigenvalue weighted by Crippen LogP contribution is -2.45. The molecule has 7 nitrogen and oxygen atoms in total. The van der Waals surface area contributed by atoms with Gasteiger partial charge in [-0.3, -0.25) is 14.4 Å². The minimum absolute atomic E-state index is 0.0602. The lowest BCUT2D eigenvalue weighted by Gasteiger charge is -2.36. The maximum Gasteiger partial charge on any atom is 0.243 e. The molecule has 0 unspecified atom stereocenters. The van der Waals surface area contributed by atoms with Crippen LogP contribution in [-0.2, 0) is 16.1 Å². The molecule has 4 atom stereocenters. The fraction of sp³-hybridized carbons (Fsp3) is 0.640. The van der Waals surface area contributed by atoms with Crippen LogP contribution in [0.4, 0.5) is 0 Å². The number of carbonyl (C=O) groups is 3. The van der Waals surface area contributed by atoms with E-state index in [1.807, 2.05) is 4.90 Å². The summed E-state index contributed by atoms with van der Waals surface area (Å²) < 4.78 is 1.71. The molecular weight excluding hydrogens is 404 g/mol. The highest BCUT2D eigenvalue weighted by atomic mass is 16.2. The van der Waals surface area contributed by atoms with E-state index in [-0.39, 0.29) is 36.1 Å². The molecule has 0 spiro atoms. The Bertz CT molecular complexity index is 1090. The second-order valence-corrected chi connectivity index (χ2v) is 10.9. The van der Waals surface area contributed by atoms with Crippen LogP contribution in [0, 0.1) is 17.3 Å². The highest BCUT2D eigenvalue weighted by Crippen LogP contribution is 2.49. The fourth-order valence-corrected chi connectivity index (χ4v) is 6.21. The zero-order chi connectivity index (χ0) is 22.6. The van der Waals surface area contributed by atoms with Gasteiger partial charge in [0, 0.05) is 29.6 Å². The van der Waals surface area contributed by atoms with Crippen molar-refractivity contribution in [2.45, 2.75) is 84.3 Å². The summed E-state index contributed by atoms with van der Waals surface area (Å²) in [5.41, 5.74) is 1.38. The van der Waals surface area contributed by atoms with Crippen LogP contribution < -0.4 is 0 Å². The second-order valence-electron chi connectivity index (χ2n) is 10.9.